The van der Waals surface area contributed by atoms with Gasteiger partial charge in [0.2, 0.25) is 11.8 Å². The van der Waals surface area contributed by atoms with Crippen molar-refractivity contribution in [2.75, 3.05) is 19.4 Å². The van der Waals surface area contributed by atoms with E-state index >= 15 is 0 Å². The lowest BCUT2D eigenvalue weighted by atomic mass is 10.1. The standard InChI is InChI=1S/C24H32N2O3S/c1-5-12-25-24(28)19(3)26(15-20-9-7-11-22(14-20)29-4)23(27)17-30-16-21-10-6-8-18(2)13-21/h6-11,13-14,19H,5,12,15-17H2,1-4H3,(H,25,28). The second kappa shape index (κ2) is 12.3. The molecule has 2 aromatic rings. The predicted octanol–water partition coefficient (Wildman–Crippen LogP) is 4.18. The van der Waals surface area contributed by atoms with Gasteiger partial charge >= 0.3 is 0 Å². The number of ether oxygens (including phenoxy) is 1. The summed E-state index contributed by atoms with van der Waals surface area (Å²) in [6.07, 6.45) is 0.856. The van der Waals surface area contributed by atoms with Gasteiger partial charge in [-0.25, -0.2) is 0 Å². The number of rotatable bonds is 11. The second-order valence-electron chi connectivity index (χ2n) is 7.32. The normalized spacial score (nSPS) is 11.6. The first-order valence-corrected chi connectivity index (χ1v) is 11.4. The number of amides is 2. The summed E-state index contributed by atoms with van der Waals surface area (Å²) < 4.78 is 5.29. The Morgan fingerprint density at radius 1 is 1.13 bits per heavy atom. The lowest BCUT2D eigenvalue weighted by Crippen LogP contribution is -2.48. The number of aryl methyl sites for hydroxylation is 1. The van der Waals surface area contributed by atoms with Crippen molar-refractivity contribution in [3.63, 3.8) is 0 Å². The van der Waals surface area contributed by atoms with Crippen LogP contribution < -0.4 is 10.1 Å². The van der Waals surface area contributed by atoms with E-state index in [4.69, 9.17) is 4.74 Å². The van der Waals surface area contributed by atoms with Crippen LogP contribution in [0.2, 0.25) is 0 Å². The number of benzene rings is 2. The van der Waals surface area contributed by atoms with Crippen molar-refractivity contribution in [1.82, 2.24) is 10.2 Å². The Morgan fingerprint density at radius 3 is 2.57 bits per heavy atom. The van der Waals surface area contributed by atoms with Crippen LogP contribution in [0.5, 0.6) is 5.75 Å². The molecule has 2 amide bonds. The highest BCUT2D eigenvalue weighted by molar-refractivity contribution is 7.99. The highest BCUT2D eigenvalue weighted by atomic mass is 32.2. The van der Waals surface area contributed by atoms with Crippen molar-refractivity contribution in [3.05, 3.63) is 65.2 Å². The molecule has 2 aromatic carbocycles. The fourth-order valence-corrected chi connectivity index (χ4v) is 3.94. The van der Waals surface area contributed by atoms with Crippen LogP contribution in [0.3, 0.4) is 0 Å². The summed E-state index contributed by atoms with van der Waals surface area (Å²) in [5.41, 5.74) is 3.34. The van der Waals surface area contributed by atoms with Crippen molar-refractivity contribution < 1.29 is 14.3 Å². The van der Waals surface area contributed by atoms with E-state index < -0.39 is 6.04 Å². The molecule has 1 unspecified atom stereocenters. The minimum absolute atomic E-state index is 0.0466. The molecule has 6 heteroatoms. The summed E-state index contributed by atoms with van der Waals surface area (Å²) in [4.78, 5) is 27.3. The minimum atomic E-state index is -0.546. The number of hydrogen-bond donors (Lipinski definition) is 1. The van der Waals surface area contributed by atoms with E-state index in [0.29, 0.717) is 18.8 Å². The molecule has 5 nitrogen and oxygen atoms in total. The molecule has 0 aliphatic rings. The minimum Gasteiger partial charge on any atom is -0.497 e. The van der Waals surface area contributed by atoms with Crippen LogP contribution in [0.15, 0.2) is 48.5 Å². The quantitative estimate of drug-likeness (QED) is 0.583. The van der Waals surface area contributed by atoms with Crippen molar-refractivity contribution in [2.24, 2.45) is 0 Å². The summed E-state index contributed by atoms with van der Waals surface area (Å²) in [6, 6.07) is 15.3. The number of thioether (sulfide) groups is 1. The monoisotopic (exact) mass is 428 g/mol. The van der Waals surface area contributed by atoms with E-state index in [0.717, 1.165) is 23.5 Å². The van der Waals surface area contributed by atoms with Gasteiger partial charge in [0.25, 0.3) is 0 Å². The topological polar surface area (TPSA) is 58.6 Å². The van der Waals surface area contributed by atoms with Crippen LogP contribution in [0.25, 0.3) is 0 Å². The van der Waals surface area contributed by atoms with E-state index in [1.807, 2.05) is 37.3 Å². The van der Waals surface area contributed by atoms with Crippen LogP contribution >= 0.6 is 11.8 Å². The molecule has 30 heavy (non-hydrogen) atoms. The fourth-order valence-electron chi connectivity index (χ4n) is 3.09. The predicted molar refractivity (Wildman–Crippen MR) is 124 cm³/mol. The average Bonchev–Trinajstić information content (AvgIpc) is 2.75. The Kier molecular flexibility index (Phi) is 9.74. The molecule has 0 aliphatic carbocycles. The van der Waals surface area contributed by atoms with Gasteiger partial charge in [0.1, 0.15) is 11.8 Å². The zero-order valence-electron chi connectivity index (χ0n) is 18.3. The number of carbonyl (C=O) groups is 2. The Hall–Kier alpha value is -2.47. The number of hydrogen-bond acceptors (Lipinski definition) is 4. The summed E-state index contributed by atoms with van der Waals surface area (Å²) in [7, 11) is 1.62. The molecule has 0 bridgehead atoms. The third kappa shape index (κ3) is 7.41. The third-order valence-corrected chi connectivity index (χ3v) is 5.77. The highest BCUT2D eigenvalue weighted by Crippen LogP contribution is 2.19. The lowest BCUT2D eigenvalue weighted by Gasteiger charge is -2.29. The maximum absolute atomic E-state index is 13.1. The van der Waals surface area contributed by atoms with Gasteiger partial charge in [-0.1, -0.05) is 48.9 Å². The molecule has 0 aromatic heterocycles. The average molecular weight is 429 g/mol. The Labute approximate surface area is 184 Å². The molecule has 0 radical (unpaired) electrons. The first-order valence-electron chi connectivity index (χ1n) is 10.3. The van der Waals surface area contributed by atoms with Gasteiger partial charge < -0.3 is 15.0 Å². The molecule has 0 fully saturated rings. The van der Waals surface area contributed by atoms with Crippen molar-refractivity contribution in [3.8, 4) is 5.75 Å². The van der Waals surface area contributed by atoms with E-state index in [9.17, 15) is 9.59 Å². The van der Waals surface area contributed by atoms with Crippen LogP contribution in [0.4, 0.5) is 0 Å². The van der Waals surface area contributed by atoms with Gasteiger partial charge in [-0.15, -0.1) is 11.8 Å². The molecule has 162 valence electrons. The van der Waals surface area contributed by atoms with Crippen molar-refractivity contribution in [2.45, 2.75) is 45.5 Å². The molecule has 1 atom stereocenters. The van der Waals surface area contributed by atoms with Crippen LogP contribution in [-0.2, 0) is 21.9 Å². The molecule has 0 heterocycles. The van der Waals surface area contributed by atoms with Gasteiger partial charge in [0, 0.05) is 18.8 Å². The third-order valence-electron chi connectivity index (χ3n) is 4.78. The van der Waals surface area contributed by atoms with Crippen molar-refractivity contribution >= 4 is 23.6 Å². The Morgan fingerprint density at radius 2 is 1.87 bits per heavy atom. The number of carbonyl (C=O) groups excluding carboxylic acids is 2. The van der Waals surface area contributed by atoms with E-state index in [-0.39, 0.29) is 11.8 Å². The van der Waals surface area contributed by atoms with E-state index in [1.165, 1.54) is 11.1 Å². The zero-order valence-corrected chi connectivity index (χ0v) is 19.1. The number of methoxy groups -OCH3 is 1. The van der Waals surface area contributed by atoms with Crippen molar-refractivity contribution in [1.29, 1.82) is 0 Å². The van der Waals surface area contributed by atoms with Gasteiger partial charge in [-0.05, 0) is 43.5 Å². The van der Waals surface area contributed by atoms with Gasteiger partial charge in [0.15, 0.2) is 0 Å². The van der Waals surface area contributed by atoms with Crippen LogP contribution in [0.1, 0.15) is 37.0 Å². The van der Waals surface area contributed by atoms with Gasteiger partial charge in [-0.2, -0.15) is 0 Å². The van der Waals surface area contributed by atoms with E-state index in [2.05, 4.69) is 30.4 Å². The number of nitrogens with zero attached hydrogens (tertiary/aromatic N) is 1. The second-order valence-corrected chi connectivity index (χ2v) is 8.31. The maximum atomic E-state index is 13.1. The zero-order chi connectivity index (χ0) is 21.9. The largest absolute Gasteiger partial charge is 0.497 e. The summed E-state index contributed by atoms with van der Waals surface area (Å²) in [6.45, 7) is 6.82. The maximum Gasteiger partial charge on any atom is 0.242 e. The SMILES string of the molecule is CCCNC(=O)C(C)N(Cc1cccc(OC)c1)C(=O)CSCc1cccc(C)c1. The number of nitrogens with one attached hydrogen (secondary N) is 1. The van der Waals surface area contributed by atoms with Gasteiger partial charge in [0.05, 0.1) is 12.9 Å². The molecule has 0 saturated carbocycles. The molecule has 2 rings (SSSR count). The Bertz CT molecular complexity index is 841. The van der Waals surface area contributed by atoms with E-state index in [1.54, 1.807) is 30.7 Å². The molecule has 0 saturated heterocycles. The first-order chi connectivity index (χ1) is 14.4. The molecular weight excluding hydrogens is 396 g/mol. The van der Waals surface area contributed by atoms with Gasteiger partial charge in [-0.3, -0.25) is 9.59 Å². The smallest absolute Gasteiger partial charge is 0.242 e. The highest BCUT2D eigenvalue weighted by Gasteiger charge is 2.25. The summed E-state index contributed by atoms with van der Waals surface area (Å²) in [5, 5.41) is 2.90. The fraction of sp³-hybridized carbons (Fsp3) is 0.417. The summed E-state index contributed by atoms with van der Waals surface area (Å²) >= 11 is 1.57. The van der Waals surface area contributed by atoms with Crippen LogP contribution in [-0.4, -0.2) is 42.2 Å². The Balaban J connectivity index is 2.08. The first kappa shape index (κ1) is 23.8. The molecular formula is C24H32N2O3S. The lowest BCUT2D eigenvalue weighted by molar-refractivity contribution is -0.138. The van der Waals surface area contributed by atoms with Crippen LogP contribution in [0, 0.1) is 6.92 Å². The molecule has 0 spiro atoms. The molecule has 0 aliphatic heterocycles. The summed E-state index contributed by atoms with van der Waals surface area (Å²) in [5.74, 6) is 1.64. The molecule has 1 N–H and O–H groups in total.